The van der Waals surface area contributed by atoms with Crippen molar-refractivity contribution in [2.24, 2.45) is 0 Å². The number of rotatable bonds is 1. The largest absolute Gasteiger partial charge is 0.346 e. The zero-order valence-corrected chi connectivity index (χ0v) is 4.60. The van der Waals surface area contributed by atoms with E-state index in [4.69, 9.17) is 0 Å². The molecule has 3 nitrogen and oxygen atoms in total. The molecule has 1 aliphatic carbocycles. The van der Waals surface area contributed by atoms with Crippen LogP contribution in [0.2, 0.25) is 0 Å². The average Bonchev–Trinajstić information content (AvgIpc) is 2.17. The Morgan fingerprint density at radius 2 is 2.38 bits per heavy atom. The minimum absolute atomic E-state index is 0.124. The maximum absolute atomic E-state index is 10.2. The zero-order chi connectivity index (χ0) is 6.15. The molecule has 0 aromatic heterocycles. The molecule has 1 amide bonds. The van der Waals surface area contributed by atoms with Gasteiger partial charge in [0.25, 0.3) is 0 Å². The van der Waals surface area contributed by atoms with Crippen molar-refractivity contribution in [1.82, 2.24) is 5.32 Å². The standard InChI is InChI=1S/C5H7NO2/c1-3(7)6-4-2-5(4)8/h4H,2H2,1H3,(H,6,7). The molecule has 3 heteroatoms. The van der Waals surface area contributed by atoms with Gasteiger partial charge >= 0.3 is 0 Å². The van der Waals surface area contributed by atoms with E-state index in [2.05, 4.69) is 5.32 Å². The van der Waals surface area contributed by atoms with E-state index < -0.39 is 0 Å². The molecule has 44 valence electrons. The van der Waals surface area contributed by atoms with E-state index >= 15 is 0 Å². The van der Waals surface area contributed by atoms with E-state index in [-0.39, 0.29) is 17.7 Å². The molecular formula is C5H7NO2. The highest BCUT2D eigenvalue weighted by atomic mass is 16.2. The first-order valence-electron chi connectivity index (χ1n) is 2.50. The number of carbonyl (C=O) groups excluding carboxylic acids is 2. The molecule has 0 radical (unpaired) electrons. The van der Waals surface area contributed by atoms with Gasteiger partial charge in [-0.1, -0.05) is 0 Å². The molecule has 0 bridgehead atoms. The summed E-state index contributed by atoms with van der Waals surface area (Å²) in [5, 5.41) is 2.48. The van der Waals surface area contributed by atoms with Crippen molar-refractivity contribution < 1.29 is 9.59 Å². The Bertz CT molecular complexity index is 141. The van der Waals surface area contributed by atoms with Crippen LogP contribution < -0.4 is 5.32 Å². The second kappa shape index (κ2) is 1.58. The average molecular weight is 113 g/mol. The van der Waals surface area contributed by atoms with Gasteiger partial charge in [0.05, 0.1) is 6.04 Å². The van der Waals surface area contributed by atoms with Crippen LogP contribution in [0.1, 0.15) is 13.3 Å². The van der Waals surface area contributed by atoms with Crippen LogP contribution in [0, 0.1) is 0 Å². The highest BCUT2D eigenvalue weighted by Crippen LogP contribution is 2.12. The zero-order valence-electron chi connectivity index (χ0n) is 4.60. The minimum atomic E-state index is -0.146. The maximum Gasteiger partial charge on any atom is 0.217 e. The summed E-state index contributed by atoms with van der Waals surface area (Å²) in [6.45, 7) is 1.41. The summed E-state index contributed by atoms with van der Waals surface area (Å²) in [6.07, 6.45) is 0.527. The molecule has 1 rings (SSSR count). The molecule has 1 unspecified atom stereocenters. The summed E-state index contributed by atoms with van der Waals surface area (Å²) in [7, 11) is 0. The van der Waals surface area contributed by atoms with Gasteiger partial charge in [-0.3, -0.25) is 9.59 Å². The van der Waals surface area contributed by atoms with E-state index in [1.807, 2.05) is 0 Å². The molecule has 0 aromatic rings. The summed E-state index contributed by atoms with van der Waals surface area (Å²) in [5.41, 5.74) is 0. The van der Waals surface area contributed by atoms with Gasteiger partial charge in [-0.15, -0.1) is 0 Å². The third kappa shape index (κ3) is 1.05. The number of nitrogens with one attached hydrogen (secondary N) is 1. The summed E-state index contributed by atoms with van der Waals surface area (Å²) in [6, 6.07) is -0.146. The fraction of sp³-hybridized carbons (Fsp3) is 0.600. The Labute approximate surface area is 47.1 Å². The molecular weight excluding hydrogens is 106 g/mol. The van der Waals surface area contributed by atoms with Gasteiger partial charge in [0, 0.05) is 13.3 Å². The van der Waals surface area contributed by atoms with Crippen LogP contribution in [0.25, 0.3) is 0 Å². The van der Waals surface area contributed by atoms with Crippen LogP contribution in [-0.2, 0) is 9.59 Å². The lowest BCUT2D eigenvalue weighted by Crippen LogP contribution is -2.23. The van der Waals surface area contributed by atoms with E-state index in [1.165, 1.54) is 6.92 Å². The number of amides is 1. The topological polar surface area (TPSA) is 46.2 Å². The van der Waals surface area contributed by atoms with E-state index in [1.54, 1.807) is 0 Å². The maximum atomic E-state index is 10.2. The van der Waals surface area contributed by atoms with Crippen LogP contribution in [0.3, 0.4) is 0 Å². The van der Waals surface area contributed by atoms with Crippen molar-refractivity contribution in [3.63, 3.8) is 0 Å². The first-order chi connectivity index (χ1) is 3.70. The van der Waals surface area contributed by atoms with Crippen LogP contribution >= 0.6 is 0 Å². The Morgan fingerprint density at radius 1 is 1.88 bits per heavy atom. The third-order valence-electron chi connectivity index (χ3n) is 1.01. The van der Waals surface area contributed by atoms with Gasteiger partial charge in [-0.2, -0.15) is 0 Å². The van der Waals surface area contributed by atoms with Gasteiger partial charge in [0.15, 0.2) is 5.78 Å². The van der Waals surface area contributed by atoms with E-state index in [0.717, 1.165) is 0 Å². The second-order valence-corrected chi connectivity index (χ2v) is 1.92. The van der Waals surface area contributed by atoms with E-state index in [0.29, 0.717) is 6.42 Å². The van der Waals surface area contributed by atoms with Crippen molar-refractivity contribution in [1.29, 1.82) is 0 Å². The normalized spacial score (nSPS) is 25.1. The molecule has 1 saturated carbocycles. The highest BCUT2D eigenvalue weighted by Gasteiger charge is 2.34. The summed E-state index contributed by atoms with van der Waals surface area (Å²) >= 11 is 0. The SMILES string of the molecule is CC(=O)NC1CC1=O. The number of Topliss-reactive ketones (excluding diaryl/α,β-unsaturated/α-hetero) is 1. The monoisotopic (exact) mass is 113 g/mol. The van der Waals surface area contributed by atoms with Crippen molar-refractivity contribution >= 4 is 11.7 Å². The molecule has 1 fully saturated rings. The summed E-state index contributed by atoms with van der Waals surface area (Å²) < 4.78 is 0. The molecule has 0 heterocycles. The fourth-order valence-electron chi connectivity index (χ4n) is 0.519. The lowest BCUT2D eigenvalue weighted by Gasteiger charge is -1.90. The van der Waals surface area contributed by atoms with Crippen molar-refractivity contribution in [3.05, 3.63) is 0 Å². The lowest BCUT2D eigenvalue weighted by molar-refractivity contribution is -0.120. The van der Waals surface area contributed by atoms with Crippen LogP contribution in [-0.4, -0.2) is 17.7 Å². The minimum Gasteiger partial charge on any atom is -0.346 e. The van der Waals surface area contributed by atoms with Crippen LogP contribution in [0.4, 0.5) is 0 Å². The smallest absolute Gasteiger partial charge is 0.217 e. The van der Waals surface area contributed by atoms with Crippen molar-refractivity contribution in [2.45, 2.75) is 19.4 Å². The van der Waals surface area contributed by atoms with E-state index in [9.17, 15) is 9.59 Å². The third-order valence-corrected chi connectivity index (χ3v) is 1.01. The number of hydrogen-bond acceptors (Lipinski definition) is 2. The Balaban J connectivity index is 2.23. The highest BCUT2D eigenvalue weighted by molar-refractivity contribution is 6.02. The van der Waals surface area contributed by atoms with Gasteiger partial charge in [0.2, 0.25) is 5.91 Å². The van der Waals surface area contributed by atoms with Gasteiger partial charge < -0.3 is 5.32 Å². The first-order valence-corrected chi connectivity index (χ1v) is 2.50. The number of ketones is 1. The van der Waals surface area contributed by atoms with Crippen LogP contribution in [0.5, 0.6) is 0 Å². The van der Waals surface area contributed by atoms with Crippen LogP contribution in [0.15, 0.2) is 0 Å². The molecule has 0 saturated heterocycles. The fourth-order valence-corrected chi connectivity index (χ4v) is 0.519. The Morgan fingerprint density at radius 3 is 2.50 bits per heavy atom. The molecule has 0 aliphatic heterocycles. The Hall–Kier alpha value is -0.860. The van der Waals surface area contributed by atoms with Gasteiger partial charge in [-0.25, -0.2) is 0 Å². The lowest BCUT2D eigenvalue weighted by atomic mass is 10.6. The first kappa shape index (κ1) is 5.28. The molecule has 0 aromatic carbocycles. The summed E-state index contributed by atoms with van der Waals surface area (Å²) in [4.78, 5) is 20.4. The quantitative estimate of drug-likeness (QED) is 0.496. The molecule has 0 spiro atoms. The molecule has 1 aliphatic rings. The van der Waals surface area contributed by atoms with Gasteiger partial charge in [-0.05, 0) is 0 Å². The van der Waals surface area contributed by atoms with Crippen molar-refractivity contribution in [3.8, 4) is 0 Å². The predicted octanol–water partition coefficient (Wildman–Crippen LogP) is -0.536. The number of carbonyl (C=O) groups is 2. The Kier molecular flexibility index (Phi) is 1.04. The number of hydrogen-bond donors (Lipinski definition) is 1. The molecule has 8 heavy (non-hydrogen) atoms. The molecule has 1 atom stereocenters. The molecule has 1 N–H and O–H groups in total. The summed E-state index contributed by atoms with van der Waals surface area (Å²) in [5.74, 6) is 0.0149. The van der Waals surface area contributed by atoms with Crippen molar-refractivity contribution in [2.75, 3.05) is 0 Å². The predicted molar refractivity (Wildman–Crippen MR) is 27.2 cm³/mol. The van der Waals surface area contributed by atoms with Gasteiger partial charge in [0.1, 0.15) is 0 Å². The second-order valence-electron chi connectivity index (χ2n) is 1.92.